The van der Waals surface area contributed by atoms with Crippen LogP contribution in [-0.2, 0) is 14.3 Å². The largest absolute Gasteiger partial charge is 0.462 e. The summed E-state index contributed by atoms with van der Waals surface area (Å²) in [6.07, 6.45) is 1.97. The number of carbonyl (C=O) groups is 2. The van der Waals surface area contributed by atoms with Crippen LogP contribution in [-0.4, -0.2) is 17.9 Å². The van der Waals surface area contributed by atoms with Crippen molar-refractivity contribution in [1.29, 1.82) is 5.26 Å². The van der Waals surface area contributed by atoms with Gasteiger partial charge in [0.15, 0.2) is 0 Å². The molecule has 0 saturated heterocycles. The Kier molecular flexibility index (Phi) is 4.05. The van der Waals surface area contributed by atoms with Crippen LogP contribution in [0.5, 0.6) is 0 Å². The molecule has 4 nitrogen and oxygen atoms in total. The van der Waals surface area contributed by atoms with Gasteiger partial charge in [-0.1, -0.05) is 0 Å². The fraction of sp³-hybridized carbons (Fsp3) is 0.750. The highest BCUT2D eigenvalue weighted by Gasteiger charge is 2.49. The minimum absolute atomic E-state index is 0.0617. The summed E-state index contributed by atoms with van der Waals surface area (Å²) in [5.74, 6) is -0.506. The van der Waals surface area contributed by atoms with Crippen molar-refractivity contribution in [2.24, 2.45) is 5.41 Å². The lowest BCUT2D eigenvalue weighted by molar-refractivity contribution is -0.163. The fourth-order valence-corrected chi connectivity index (χ4v) is 2.11. The van der Waals surface area contributed by atoms with Gasteiger partial charge in [-0.15, -0.1) is 0 Å². The van der Waals surface area contributed by atoms with Gasteiger partial charge in [0.1, 0.15) is 11.2 Å². The standard InChI is InChI=1S/C12H17NO3/c1-9(2)16-11(15)12(7-4-8-13)6-3-5-10(12)14/h9H,3-7H2,1-2H3/t12-/m0/s1. The number of ether oxygens (including phenoxy) is 1. The third kappa shape index (κ3) is 2.41. The third-order valence-corrected chi connectivity index (χ3v) is 2.94. The first-order valence-corrected chi connectivity index (χ1v) is 5.64. The number of hydrogen-bond donors (Lipinski definition) is 0. The Hall–Kier alpha value is -1.37. The summed E-state index contributed by atoms with van der Waals surface area (Å²) in [5.41, 5.74) is -1.03. The number of nitriles is 1. The number of ketones is 1. The van der Waals surface area contributed by atoms with Gasteiger partial charge in [-0.05, 0) is 33.1 Å². The second-order valence-corrected chi connectivity index (χ2v) is 4.47. The summed E-state index contributed by atoms with van der Waals surface area (Å²) in [6.45, 7) is 3.52. The minimum atomic E-state index is -1.03. The lowest BCUT2D eigenvalue weighted by Crippen LogP contribution is -2.38. The first kappa shape index (κ1) is 12.7. The van der Waals surface area contributed by atoms with Crippen molar-refractivity contribution in [1.82, 2.24) is 0 Å². The SMILES string of the molecule is CC(C)OC(=O)[C@]1(CCC#N)CCCC1=O. The molecule has 1 saturated carbocycles. The summed E-state index contributed by atoms with van der Waals surface area (Å²) in [5, 5.41) is 8.58. The van der Waals surface area contributed by atoms with Gasteiger partial charge >= 0.3 is 5.97 Å². The van der Waals surface area contributed by atoms with Crippen molar-refractivity contribution in [2.45, 2.75) is 52.1 Å². The maximum atomic E-state index is 11.9. The van der Waals surface area contributed by atoms with E-state index < -0.39 is 11.4 Å². The highest BCUT2D eigenvalue weighted by Crippen LogP contribution is 2.40. The molecule has 1 rings (SSSR count). The number of nitrogens with zero attached hydrogens (tertiary/aromatic N) is 1. The van der Waals surface area contributed by atoms with Crippen molar-refractivity contribution in [2.75, 3.05) is 0 Å². The van der Waals surface area contributed by atoms with Crippen LogP contribution >= 0.6 is 0 Å². The quantitative estimate of drug-likeness (QED) is 0.540. The van der Waals surface area contributed by atoms with Gasteiger partial charge in [0.05, 0.1) is 12.2 Å². The van der Waals surface area contributed by atoms with Crippen LogP contribution in [0, 0.1) is 16.7 Å². The minimum Gasteiger partial charge on any atom is -0.462 e. The molecule has 1 aliphatic carbocycles. The number of Topliss-reactive ketones (excluding diaryl/α,β-unsaturated/α-hetero) is 1. The van der Waals surface area contributed by atoms with E-state index in [4.69, 9.17) is 10.00 Å². The molecule has 88 valence electrons. The molecule has 0 spiro atoms. The molecular weight excluding hydrogens is 206 g/mol. The van der Waals surface area contributed by atoms with Gasteiger partial charge in [0.25, 0.3) is 0 Å². The van der Waals surface area contributed by atoms with Crippen LogP contribution in [0.1, 0.15) is 46.0 Å². The van der Waals surface area contributed by atoms with Crippen LogP contribution < -0.4 is 0 Å². The smallest absolute Gasteiger partial charge is 0.319 e. The maximum Gasteiger partial charge on any atom is 0.319 e. The normalized spacial score (nSPS) is 24.5. The molecule has 0 heterocycles. The number of esters is 1. The monoisotopic (exact) mass is 223 g/mol. The molecule has 0 aromatic rings. The van der Waals surface area contributed by atoms with Crippen LogP contribution in [0.15, 0.2) is 0 Å². The highest BCUT2D eigenvalue weighted by atomic mass is 16.5. The van der Waals surface area contributed by atoms with E-state index in [0.29, 0.717) is 19.3 Å². The molecule has 0 bridgehead atoms. The summed E-state index contributed by atoms with van der Waals surface area (Å²) in [6, 6.07) is 1.99. The molecular formula is C12H17NO3. The topological polar surface area (TPSA) is 67.2 Å². The molecule has 0 radical (unpaired) electrons. The zero-order valence-corrected chi connectivity index (χ0v) is 9.78. The van der Waals surface area contributed by atoms with Crippen molar-refractivity contribution >= 4 is 11.8 Å². The summed E-state index contributed by atoms with van der Waals surface area (Å²) < 4.78 is 5.14. The third-order valence-electron chi connectivity index (χ3n) is 2.94. The highest BCUT2D eigenvalue weighted by molar-refractivity contribution is 6.05. The van der Waals surface area contributed by atoms with E-state index in [-0.39, 0.29) is 18.3 Å². The second kappa shape index (κ2) is 5.11. The van der Waals surface area contributed by atoms with E-state index in [1.807, 2.05) is 6.07 Å². The molecule has 0 aromatic heterocycles. The predicted molar refractivity (Wildman–Crippen MR) is 57.4 cm³/mol. The zero-order valence-electron chi connectivity index (χ0n) is 9.78. The first-order valence-electron chi connectivity index (χ1n) is 5.64. The fourth-order valence-electron chi connectivity index (χ4n) is 2.11. The van der Waals surface area contributed by atoms with Gasteiger partial charge in [0, 0.05) is 12.8 Å². The van der Waals surface area contributed by atoms with E-state index in [1.165, 1.54) is 0 Å². The van der Waals surface area contributed by atoms with Crippen LogP contribution in [0.3, 0.4) is 0 Å². The molecule has 0 aromatic carbocycles. The van der Waals surface area contributed by atoms with Crippen LogP contribution in [0.2, 0.25) is 0 Å². The van der Waals surface area contributed by atoms with Gasteiger partial charge < -0.3 is 4.74 Å². The van der Waals surface area contributed by atoms with Gasteiger partial charge in [0.2, 0.25) is 0 Å². The van der Waals surface area contributed by atoms with E-state index in [1.54, 1.807) is 13.8 Å². The number of hydrogen-bond acceptors (Lipinski definition) is 4. The Morgan fingerprint density at radius 3 is 2.75 bits per heavy atom. The lowest BCUT2D eigenvalue weighted by Gasteiger charge is -2.25. The Balaban J connectivity index is 2.83. The van der Waals surface area contributed by atoms with E-state index in [9.17, 15) is 9.59 Å². The molecule has 16 heavy (non-hydrogen) atoms. The van der Waals surface area contributed by atoms with Crippen molar-refractivity contribution in [3.8, 4) is 6.07 Å². The average Bonchev–Trinajstić information content (AvgIpc) is 2.57. The van der Waals surface area contributed by atoms with Crippen LogP contribution in [0.4, 0.5) is 0 Å². The van der Waals surface area contributed by atoms with E-state index >= 15 is 0 Å². The molecule has 0 N–H and O–H groups in total. The number of carbonyl (C=O) groups excluding carboxylic acids is 2. The second-order valence-electron chi connectivity index (χ2n) is 4.47. The molecule has 1 fully saturated rings. The van der Waals surface area contributed by atoms with E-state index in [2.05, 4.69) is 0 Å². The van der Waals surface area contributed by atoms with Crippen molar-refractivity contribution in [3.63, 3.8) is 0 Å². The summed E-state index contributed by atoms with van der Waals surface area (Å²) in [4.78, 5) is 23.8. The Labute approximate surface area is 95.6 Å². The zero-order chi connectivity index (χ0) is 12.2. The molecule has 0 aliphatic heterocycles. The Morgan fingerprint density at radius 2 is 2.31 bits per heavy atom. The molecule has 1 aliphatic rings. The summed E-state index contributed by atoms with van der Waals surface area (Å²) >= 11 is 0. The van der Waals surface area contributed by atoms with Crippen molar-refractivity contribution in [3.05, 3.63) is 0 Å². The molecule has 0 amide bonds. The Bertz CT molecular complexity index is 330. The van der Waals surface area contributed by atoms with E-state index in [0.717, 1.165) is 6.42 Å². The van der Waals surface area contributed by atoms with Crippen LogP contribution in [0.25, 0.3) is 0 Å². The molecule has 1 atom stereocenters. The average molecular weight is 223 g/mol. The lowest BCUT2D eigenvalue weighted by atomic mass is 9.81. The van der Waals surface area contributed by atoms with Gasteiger partial charge in [-0.25, -0.2) is 0 Å². The molecule has 0 unspecified atom stereocenters. The van der Waals surface area contributed by atoms with Gasteiger partial charge in [-0.3, -0.25) is 9.59 Å². The number of rotatable bonds is 4. The predicted octanol–water partition coefficient (Wildman–Crippen LogP) is 1.98. The Morgan fingerprint density at radius 1 is 1.62 bits per heavy atom. The first-order chi connectivity index (χ1) is 7.53. The van der Waals surface area contributed by atoms with Gasteiger partial charge in [-0.2, -0.15) is 5.26 Å². The maximum absolute atomic E-state index is 11.9. The van der Waals surface area contributed by atoms with Crippen molar-refractivity contribution < 1.29 is 14.3 Å². The summed E-state index contributed by atoms with van der Waals surface area (Å²) in [7, 11) is 0. The molecule has 4 heteroatoms.